The zero-order valence-corrected chi connectivity index (χ0v) is 29.3. The molecule has 0 heterocycles. The first-order valence-corrected chi connectivity index (χ1v) is 17.3. The first-order chi connectivity index (χ1) is 25.5. The fourth-order valence-electron chi connectivity index (χ4n) is 5.53. The zero-order chi connectivity index (χ0) is 35.5. The smallest absolute Gasteiger partial charge is 0.0630 e. The molecule has 0 saturated heterocycles. The van der Waals surface area contributed by atoms with Gasteiger partial charge in [0.1, 0.15) is 0 Å². The van der Waals surface area contributed by atoms with Crippen LogP contribution in [0.3, 0.4) is 0 Å². The van der Waals surface area contributed by atoms with Crippen molar-refractivity contribution in [3.05, 3.63) is 203 Å². The van der Waals surface area contributed by atoms with Crippen LogP contribution in [0, 0.1) is 13.8 Å². The molecule has 0 atom stereocenters. The molecule has 0 aromatic heterocycles. The highest BCUT2D eigenvalue weighted by Gasteiger charge is 2.01. The van der Waals surface area contributed by atoms with Gasteiger partial charge in [-0.2, -0.15) is 0 Å². The van der Waals surface area contributed by atoms with Gasteiger partial charge in [-0.3, -0.25) is 20.0 Å². The van der Waals surface area contributed by atoms with Crippen molar-refractivity contribution in [1.29, 1.82) is 0 Å². The van der Waals surface area contributed by atoms with Crippen LogP contribution >= 0.6 is 0 Å². The lowest BCUT2D eigenvalue weighted by atomic mass is 10.1. The molecule has 0 aliphatic carbocycles. The second kappa shape index (κ2) is 16.3. The molecule has 0 bridgehead atoms. The van der Waals surface area contributed by atoms with E-state index in [1.54, 1.807) is 0 Å². The fourth-order valence-corrected chi connectivity index (χ4v) is 5.53. The summed E-state index contributed by atoms with van der Waals surface area (Å²) in [5.74, 6) is 0. The summed E-state index contributed by atoms with van der Waals surface area (Å²) >= 11 is 0. The Kier molecular flexibility index (Phi) is 10.6. The van der Waals surface area contributed by atoms with Gasteiger partial charge in [-0.25, -0.2) is 0 Å². The maximum Gasteiger partial charge on any atom is 0.0630 e. The Bertz CT molecular complexity index is 2160. The molecule has 0 radical (unpaired) electrons. The van der Waals surface area contributed by atoms with E-state index in [0.29, 0.717) is 0 Å². The van der Waals surface area contributed by atoms with Crippen molar-refractivity contribution in [1.82, 2.24) is 0 Å². The van der Waals surface area contributed by atoms with Crippen LogP contribution in [0.5, 0.6) is 0 Å². The van der Waals surface area contributed by atoms with Gasteiger partial charge in [0.25, 0.3) is 0 Å². The summed E-state index contributed by atoms with van der Waals surface area (Å²) in [6, 6.07) is 58.1. The van der Waals surface area contributed by atoms with Crippen molar-refractivity contribution in [2.45, 2.75) is 13.8 Å². The molecule has 4 nitrogen and oxygen atoms in total. The molecule has 0 spiro atoms. The Morgan fingerprint density at radius 1 is 0.250 bits per heavy atom. The molecule has 7 aromatic carbocycles. The van der Waals surface area contributed by atoms with Gasteiger partial charge < -0.3 is 0 Å². The first-order valence-electron chi connectivity index (χ1n) is 17.3. The minimum Gasteiger partial charge on any atom is -0.256 e. The second-order valence-corrected chi connectivity index (χ2v) is 12.7. The molecule has 7 rings (SSSR count). The number of nitrogens with zero attached hydrogens (tertiary/aromatic N) is 4. The van der Waals surface area contributed by atoms with Gasteiger partial charge in [-0.05, 0) is 107 Å². The molecule has 0 N–H and O–H groups in total. The van der Waals surface area contributed by atoms with Crippen LogP contribution < -0.4 is 0 Å². The van der Waals surface area contributed by atoms with Gasteiger partial charge in [0, 0.05) is 24.9 Å². The van der Waals surface area contributed by atoms with E-state index in [-0.39, 0.29) is 0 Å². The molecule has 0 aliphatic heterocycles. The van der Waals surface area contributed by atoms with Crippen molar-refractivity contribution >= 4 is 47.6 Å². The van der Waals surface area contributed by atoms with Gasteiger partial charge in [-0.1, -0.05) is 132 Å². The van der Waals surface area contributed by atoms with Crippen LogP contribution in [0.15, 0.2) is 190 Å². The normalized spacial score (nSPS) is 11.7. The molecule has 0 aliphatic rings. The Balaban J connectivity index is 0.903. The second-order valence-electron chi connectivity index (χ2n) is 12.7. The molecule has 0 unspecified atom stereocenters. The number of aliphatic imine (C=N–C) groups is 4. The molecule has 250 valence electrons. The van der Waals surface area contributed by atoms with Gasteiger partial charge in [-0.15, -0.1) is 0 Å². The number of hydrogen-bond donors (Lipinski definition) is 0. The summed E-state index contributed by atoms with van der Waals surface area (Å²) in [6.45, 7) is 4.17. The van der Waals surface area contributed by atoms with Gasteiger partial charge >= 0.3 is 0 Å². The van der Waals surface area contributed by atoms with Crippen molar-refractivity contribution in [2.75, 3.05) is 0 Å². The Labute approximate surface area is 306 Å². The van der Waals surface area contributed by atoms with E-state index in [4.69, 9.17) is 0 Å². The molecule has 0 saturated carbocycles. The summed E-state index contributed by atoms with van der Waals surface area (Å²) in [6.07, 6.45) is 7.57. The Hall–Kier alpha value is -6.78. The van der Waals surface area contributed by atoms with Gasteiger partial charge in [0.2, 0.25) is 0 Å². The number of benzene rings is 7. The molecule has 0 fully saturated rings. The monoisotopic (exact) mass is 670 g/mol. The quantitative estimate of drug-likeness (QED) is 0.130. The minimum atomic E-state index is 0.903. The molecular formula is C48H38N4. The first kappa shape index (κ1) is 33.7. The van der Waals surface area contributed by atoms with E-state index < -0.39 is 0 Å². The third-order valence-corrected chi connectivity index (χ3v) is 8.68. The predicted molar refractivity (Wildman–Crippen MR) is 222 cm³/mol. The topological polar surface area (TPSA) is 49.4 Å². The van der Waals surface area contributed by atoms with Crippen molar-refractivity contribution in [3.63, 3.8) is 0 Å². The van der Waals surface area contributed by atoms with Crippen LogP contribution in [-0.2, 0) is 0 Å². The van der Waals surface area contributed by atoms with Crippen LogP contribution in [0.1, 0.15) is 33.4 Å². The SMILES string of the molecule is Cc1ccc(C=Nc2ccc(-c3ccc(N=Cc4ccc(C=Nc5ccc(-c6ccc(N=Cc7ccc(C)cc7)cc6)cc5)cc4)cc3)cc2)cc1. The summed E-state index contributed by atoms with van der Waals surface area (Å²) in [5.41, 5.74) is 14.9. The lowest BCUT2D eigenvalue weighted by molar-refractivity contribution is 1.46. The Morgan fingerprint density at radius 2 is 0.442 bits per heavy atom. The van der Waals surface area contributed by atoms with Crippen LogP contribution in [0.2, 0.25) is 0 Å². The molecular weight excluding hydrogens is 633 g/mol. The Morgan fingerprint density at radius 3 is 0.654 bits per heavy atom. The van der Waals surface area contributed by atoms with E-state index in [1.165, 1.54) is 11.1 Å². The lowest BCUT2D eigenvalue weighted by Crippen LogP contribution is -1.84. The summed E-state index contributed by atoms with van der Waals surface area (Å²) in [4.78, 5) is 18.6. The van der Waals surface area contributed by atoms with E-state index in [0.717, 1.165) is 67.3 Å². The zero-order valence-electron chi connectivity index (χ0n) is 29.3. The highest BCUT2D eigenvalue weighted by atomic mass is 14.7. The highest BCUT2D eigenvalue weighted by molar-refractivity contribution is 5.87. The fraction of sp³-hybridized carbons (Fsp3) is 0.0417. The standard InChI is InChI=1S/C48H38N4/c1-35-3-7-37(8-4-35)31-49-45-23-15-41(16-24-45)43-19-27-47(28-20-43)51-33-39-11-13-40(14-12-39)34-52-48-29-21-44(22-30-48)42-17-25-46(26-18-42)50-32-38-9-5-36(2)6-10-38/h3-34H,1-2H3. The highest BCUT2D eigenvalue weighted by Crippen LogP contribution is 2.27. The number of aryl methyl sites for hydroxylation is 2. The number of rotatable bonds is 10. The maximum absolute atomic E-state index is 4.68. The van der Waals surface area contributed by atoms with Crippen LogP contribution in [0.25, 0.3) is 22.3 Å². The van der Waals surface area contributed by atoms with E-state index in [1.807, 2.05) is 73.4 Å². The maximum atomic E-state index is 4.68. The predicted octanol–water partition coefficient (Wildman–Crippen LogP) is 12.6. The molecule has 52 heavy (non-hydrogen) atoms. The third kappa shape index (κ3) is 9.26. The summed E-state index contributed by atoms with van der Waals surface area (Å²) in [7, 11) is 0. The van der Waals surface area contributed by atoms with Gasteiger partial charge in [0.05, 0.1) is 22.7 Å². The van der Waals surface area contributed by atoms with Crippen molar-refractivity contribution < 1.29 is 0 Å². The average Bonchev–Trinajstić information content (AvgIpc) is 3.20. The third-order valence-electron chi connectivity index (χ3n) is 8.68. The lowest BCUT2D eigenvalue weighted by Gasteiger charge is -2.03. The molecule has 4 heteroatoms. The number of hydrogen-bond acceptors (Lipinski definition) is 4. The van der Waals surface area contributed by atoms with Crippen molar-refractivity contribution in [3.8, 4) is 22.3 Å². The largest absolute Gasteiger partial charge is 0.256 e. The summed E-state index contributed by atoms with van der Waals surface area (Å²) < 4.78 is 0. The van der Waals surface area contributed by atoms with Crippen molar-refractivity contribution in [2.24, 2.45) is 20.0 Å². The average molecular weight is 671 g/mol. The van der Waals surface area contributed by atoms with Crippen LogP contribution in [0.4, 0.5) is 22.7 Å². The van der Waals surface area contributed by atoms with Gasteiger partial charge in [0.15, 0.2) is 0 Å². The van der Waals surface area contributed by atoms with E-state index in [9.17, 15) is 0 Å². The molecule has 7 aromatic rings. The van der Waals surface area contributed by atoms with Crippen LogP contribution in [-0.4, -0.2) is 24.9 Å². The minimum absolute atomic E-state index is 0.903. The molecule has 0 amide bonds. The van der Waals surface area contributed by atoms with E-state index >= 15 is 0 Å². The summed E-state index contributed by atoms with van der Waals surface area (Å²) in [5, 5.41) is 0. The van der Waals surface area contributed by atoms with E-state index in [2.05, 4.69) is 155 Å².